The molecule has 0 unspecified atom stereocenters. The van der Waals surface area contributed by atoms with E-state index in [1.165, 1.54) is 0 Å². The highest BCUT2D eigenvalue weighted by atomic mass is 32.2. The topological polar surface area (TPSA) is 78.1 Å². The van der Waals surface area contributed by atoms with Crippen LogP contribution in [0.2, 0.25) is 0 Å². The van der Waals surface area contributed by atoms with Gasteiger partial charge in [-0.3, -0.25) is 0 Å². The summed E-state index contributed by atoms with van der Waals surface area (Å²) in [5.41, 5.74) is 19.5. The minimum Gasteiger partial charge on any atom is -0.399 e. The van der Waals surface area contributed by atoms with E-state index in [4.69, 9.17) is 17.2 Å². The Morgan fingerprint density at radius 3 is 2.12 bits per heavy atom. The highest BCUT2D eigenvalue weighted by Gasteiger charge is 2.04. The molecule has 0 saturated carbocycles. The van der Waals surface area contributed by atoms with Crippen LogP contribution in [0.5, 0.6) is 0 Å². The standard InChI is InChI=1S/C12H13N3S/c13-8-5-6-12(10(15)7-8)16-11-4-2-1-3-9(11)14/h1-7H,13-15H2. The molecule has 0 radical (unpaired) electrons. The van der Waals surface area contributed by atoms with Crippen LogP contribution in [0.25, 0.3) is 0 Å². The molecule has 2 aromatic carbocycles. The Balaban J connectivity index is 2.31. The Hall–Kier alpha value is -1.81. The third kappa shape index (κ3) is 2.23. The van der Waals surface area contributed by atoms with Crippen LogP contribution in [0.4, 0.5) is 17.1 Å². The van der Waals surface area contributed by atoms with Gasteiger partial charge in [0.1, 0.15) is 0 Å². The maximum absolute atomic E-state index is 5.88. The number of nitrogen functional groups attached to an aromatic ring is 3. The lowest BCUT2D eigenvalue weighted by Crippen LogP contribution is -1.93. The van der Waals surface area contributed by atoms with Gasteiger partial charge in [0, 0.05) is 26.9 Å². The van der Waals surface area contributed by atoms with Crippen LogP contribution in [-0.4, -0.2) is 0 Å². The van der Waals surface area contributed by atoms with Gasteiger partial charge in [0.15, 0.2) is 0 Å². The lowest BCUT2D eigenvalue weighted by molar-refractivity contribution is 1.41. The summed E-state index contributed by atoms with van der Waals surface area (Å²) in [5.74, 6) is 0. The van der Waals surface area contributed by atoms with E-state index in [1.54, 1.807) is 17.8 Å². The van der Waals surface area contributed by atoms with Crippen LogP contribution in [-0.2, 0) is 0 Å². The molecule has 0 bridgehead atoms. The minimum atomic E-state index is 0.669. The zero-order chi connectivity index (χ0) is 11.5. The zero-order valence-electron chi connectivity index (χ0n) is 8.68. The van der Waals surface area contributed by atoms with Crippen molar-refractivity contribution in [3.05, 3.63) is 42.5 Å². The van der Waals surface area contributed by atoms with E-state index in [0.29, 0.717) is 11.4 Å². The second-order valence-corrected chi connectivity index (χ2v) is 4.52. The van der Waals surface area contributed by atoms with E-state index < -0.39 is 0 Å². The van der Waals surface area contributed by atoms with Crippen LogP contribution in [0, 0.1) is 0 Å². The third-order valence-electron chi connectivity index (χ3n) is 2.17. The molecular formula is C12H13N3S. The third-order valence-corrected chi connectivity index (χ3v) is 3.36. The maximum Gasteiger partial charge on any atom is 0.0476 e. The van der Waals surface area contributed by atoms with Gasteiger partial charge in [-0.25, -0.2) is 0 Å². The summed E-state index contributed by atoms with van der Waals surface area (Å²) in [6, 6.07) is 13.2. The molecule has 0 aliphatic rings. The van der Waals surface area contributed by atoms with Crippen molar-refractivity contribution in [2.45, 2.75) is 9.79 Å². The van der Waals surface area contributed by atoms with Gasteiger partial charge in [-0.05, 0) is 30.3 Å². The van der Waals surface area contributed by atoms with Crippen molar-refractivity contribution >= 4 is 28.8 Å². The summed E-state index contributed by atoms with van der Waals surface area (Å²) in [6.07, 6.45) is 0. The van der Waals surface area contributed by atoms with E-state index in [-0.39, 0.29) is 0 Å². The smallest absolute Gasteiger partial charge is 0.0476 e. The minimum absolute atomic E-state index is 0.669. The van der Waals surface area contributed by atoms with Crippen LogP contribution in [0.1, 0.15) is 0 Å². The summed E-state index contributed by atoms with van der Waals surface area (Å²) in [4.78, 5) is 1.96. The Bertz CT molecular complexity index is 511. The lowest BCUT2D eigenvalue weighted by atomic mass is 10.3. The first-order valence-corrected chi connectivity index (χ1v) is 5.66. The number of rotatable bonds is 2. The quantitative estimate of drug-likeness (QED) is 0.694. The second kappa shape index (κ2) is 4.37. The fraction of sp³-hybridized carbons (Fsp3) is 0. The number of para-hydroxylation sites is 1. The molecule has 2 rings (SSSR count). The molecule has 0 aliphatic heterocycles. The largest absolute Gasteiger partial charge is 0.399 e. The van der Waals surface area contributed by atoms with Crippen LogP contribution in [0.3, 0.4) is 0 Å². The van der Waals surface area contributed by atoms with Crippen LogP contribution in [0.15, 0.2) is 52.3 Å². The van der Waals surface area contributed by atoms with Gasteiger partial charge in [-0.1, -0.05) is 23.9 Å². The SMILES string of the molecule is Nc1ccc(Sc2ccccc2N)c(N)c1. The molecule has 3 nitrogen and oxygen atoms in total. The Kier molecular flexibility index (Phi) is 2.92. The highest BCUT2D eigenvalue weighted by molar-refractivity contribution is 7.99. The van der Waals surface area contributed by atoms with Gasteiger partial charge in [0.2, 0.25) is 0 Å². The predicted molar refractivity (Wildman–Crippen MR) is 70.2 cm³/mol. The van der Waals surface area contributed by atoms with Crippen LogP contribution >= 0.6 is 11.8 Å². The molecule has 0 saturated heterocycles. The first kappa shape index (κ1) is 10.7. The number of hydrogen-bond acceptors (Lipinski definition) is 4. The molecule has 0 fully saturated rings. The fourth-order valence-corrected chi connectivity index (χ4v) is 2.23. The van der Waals surface area contributed by atoms with Crippen molar-refractivity contribution in [3.8, 4) is 0 Å². The van der Waals surface area contributed by atoms with E-state index in [1.807, 2.05) is 36.4 Å². The zero-order valence-corrected chi connectivity index (χ0v) is 9.50. The molecule has 0 heterocycles. The summed E-state index contributed by atoms with van der Waals surface area (Å²) in [5, 5.41) is 0. The van der Waals surface area contributed by atoms with Crippen molar-refractivity contribution < 1.29 is 0 Å². The van der Waals surface area contributed by atoms with Gasteiger partial charge >= 0.3 is 0 Å². The lowest BCUT2D eigenvalue weighted by Gasteiger charge is -2.08. The number of nitrogens with two attached hydrogens (primary N) is 3. The second-order valence-electron chi connectivity index (χ2n) is 3.44. The Morgan fingerprint density at radius 1 is 0.750 bits per heavy atom. The number of anilines is 3. The summed E-state index contributed by atoms with van der Waals surface area (Å²) in [7, 11) is 0. The van der Waals surface area contributed by atoms with Crippen molar-refractivity contribution in [1.29, 1.82) is 0 Å². The molecule has 82 valence electrons. The van der Waals surface area contributed by atoms with Gasteiger partial charge in [-0.2, -0.15) is 0 Å². The Labute approximate surface area is 98.6 Å². The van der Waals surface area contributed by atoms with E-state index in [9.17, 15) is 0 Å². The average Bonchev–Trinajstić information content (AvgIpc) is 2.25. The summed E-state index contributed by atoms with van der Waals surface area (Å²) >= 11 is 1.54. The van der Waals surface area contributed by atoms with Gasteiger partial charge < -0.3 is 17.2 Å². The molecular weight excluding hydrogens is 218 g/mol. The van der Waals surface area contributed by atoms with Crippen molar-refractivity contribution in [2.24, 2.45) is 0 Å². The monoisotopic (exact) mass is 231 g/mol. The fourth-order valence-electron chi connectivity index (χ4n) is 1.35. The van der Waals surface area contributed by atoms with Gasteiger partial charge in [0.05, 0.1) is 0 Å². The molecule has 0 aromatic heterocycles. The molecule has 0 aliphatic carbocycles. The van der Waals surface area contributed by atoms with Gasteiger partial charge in [-0.15, -0.1) is 0 Å². The van der Waals surface area contributed by atoms with E-state index in [0.717, 1.165) is 15.5 Å². The predicted octanol–water partition coefficient (Wildman–Crippen LogP) is 2.58. The van der Waals surface area contributed by atoms with Crippen molar-refractivity contribution in [3.63, 3.8) is 0 Å². The number of hydrogen-bond donors (Lipinski definition) is 3. The summed E-state index contributed by atoms with van der Waals surface area (Å²) in [6.45, 7) is 0. The van der Waals surface area contributed by atoms with Crippen LogP contribution < -0.4 is 17.2 Å². The van der Waals surface area contributed by atoms with Crippen molar-refractivity contribution in [2.75, 3.05) is 17.2 Å². The molecule has 2 aromatic rings. The van der Waals surface area contributed by atoms with Gasteiger partial charge in [0.25, 0.3) is 0 Å². The highest BCUT2D eigenvalue weighted by Crippen LogP contribution is 2.35. The molecule has 0 atom stereocenters. The first-order valence-electron chi connectivity index (χ1n) is 4.84. The number of benzene rings is 2. The molecule has 0 amide bonds. The van der Waals surface area contributed by atoms with E-state index in [2.05, 4.69) is 0 Å². The van der Waals surface area contributed by atoms with Crippen molar-refractivity contribution in [1.82, 2.24) is 0 Å². The molecule has 6 N–H and O–H groups in total. The Morgan fingerprint density at radius 2 is 1.44 bits per heavy atom. The average molecular weight is 231 g/mol. The maximum atomic E-state index is 5.88. The molecule has 0 spiro atoms. The molecule has 4 heteroatoms. The summed E-state index contributed by atoms with van der Waals surface area (Å²) < 4.78 is 0. The van der Waals surface area contributed by atoms with E-state index >= 15 is 0 Å². The molecule has 16 heavy (non-hydrogen) atoms. The first-order chi connectivity index (χ1) is 7.66. The normalized spacial score (nSPS) is 10.2.